The molecule has 1 heterocycles. The van der Waals surface area contributed by atoms with Gasteiger partial charge in [-0.25, -0.2) is 8.42 Å². The zero-order valence-electron chi connectivity index (χ0n) is 6.98. The predicted octanol–water partition coefficient (Wildman–Crippen LogP) is 0.966. The molecule has 0 spiro atoms. The molecule has 0 unspecified atom stereocenters. The summed E-state index contributed by atoms with van der Waals surface area (Å²) in [7, 11) is -3.17. The van der Waals surface area contributed by atoms with Crippen molar-refractivity contribution < 1.29 is 8.42 Å². The third kappa shape index (κ3) is 1.31. The van der Waals surface area contributed by atoms with Crippen LogP contribution >= 0.6 is 0 Å². The van der Waals surface area contributed by atoms with Gasteiger partial charge in [-0.2, -0.15) is 5.10 Å². The SMILES string of the molecule is CS(=O)(=O)c1cccc2cn[nH]c12. The van der Waals surface area contributed by atoms with Crippen LogP contribution in [0.4, 0.5) is 0 Å². The molecule has 0 atom stereocenters. The van der Waals surface area contributed by atoms with E-state index in [1.165, 1.54) is 6.26 Å². The van der Waals surface area contributed by atoms with Gasteiger partial charge in [0.15, 0.2) is 9.84 Å². The third-order valence-corrected chi connectivity index (χ3v) is 2.98. The molecule has 1 aromatic carbocycles. The molecule has 0 fully saturated rings. The summed E-state index contributed by atoms with van der Waals surface area (Å²) in [5, 5.41) is 7.26. The lowest BCUT2D eigenvalue weighted by molar-refractivity contribution is 0.602. The van der Waals surface area contributed by atoms with Gasteiger partial charge in [-0.05, 0) is 6.07 Å². The predicted molar refractivity (Wildman–Crippen MR) is 49.2 cm³/mol. The number of fused-ring (bicyclic) bond motifs is 1. The quantitative estimate of drug-likeness (QED) is 0.739. The van der Waals surface area contributed by atoms with Gasteiger partial charge in [-0.3, -0.25) is 5.10 Å². The van der Waals surface area contributed by atoms with Crippen LogP contribution in [0.25, 0.3) is 10.9 Å². The van der Waals surface area contributed by atoms with Gasteiger partial charge >= 0.3 is 0 Å². The Bertz CT molecular complexity index is 542. The largest absolute Gasteiger partial charge is 0.276 e. The Morgan fingerprint density at radius 2 is 2.15 bits per heavy atom. The van der Waals surface area contributed by atoms with E-state index >= 15 is 0 Å². The molecule has 2 rings (SSSR count). The van der Waals surface area contributed by atoms with Gasteiger partial charge in [0, 0.05) is 11.6 Å². The van der Waals surface area contributed by atoms with Gasteiger partial charge in [0.1, 0.15) is 0 Å². The molecule has 1 N–H and O–H groups in total. The lowest BCUT2D eigenvalue weighted by atomic mass is 10.3. The summed E-state index contributed by atoms with van der Waals surface area (Å²) in [6.45, 7) is 0. The van der Waals surface area contributed by atoms with Gasteiger partial charge in [0.2, 0.25) is 0 Å². The first-order chi connectivity index (χ1) is 6.09. The van der Waals surface area contributed by atoms with Crippen LogP contribution in [0.5, 0.6) is 0 Å². The minimum atomic E-state index is -3.17. The number of hydrogen-bond acceptors (Lipinski definition) is 3. The lowest BCUT2D eigenvalue weighted by Crippen LogP contribution is -1.97. The van der Waals surface area contributed by atoms with Gasteiger partial charge < -0.3 is 0 Å². The van der Waals surface area contributed by atoms with E-state index in [9.17, 15) is 8.42 Å². The van der Waals surface area contributed by atoms with Crippen molar-refractivity contribution in [1.29, 1.82) is 0 Å². The van der Waals surface area contributed by atoms with Gasteiger partial charge in [-0.1, -0.05) is 12.1 Å². The number of aromatic nitrogens is 2. The maximum absolute atomic E-state index is 11.3. The molecular weight excluding hydrogens is 188 g/mol. The molecule has 0 amide bonds. The maximum Gasteiger partial charge on any atom is 0.177 e. The van der Waals surface area contributed by atoms with Crippen LogP contribution in [0.2, 0.25) is 0 Å². The fourth-order valence-corrected chi connectivity index (χ4v) is 2.11. The minimum absolute atomic E-state index is 0.294. The Kier molecular flexibility index (Phi) is 1.63. The molecule has 68 valence electrons. The summed E-state index contributed by atoms with van der Waals surface area (Å²) >= 11 is 0. The van der Waals surface area contributed by atoms with E-state index in [0.717, 1.165) is 5.39 Å². The van der Waals surface area contributed by atoms with Crippen molar-refractivity contribution in [2.45, 2.75) is 4.90 Å². The molecule has 0 aliphatic heterocycles. The maximum atomic E-state index is 11.3. The highest BCUT2D eigenvalue weighted by Gasteiger charge is 2.11. The van der Waals surface area contributed by atoms with Crippen molar-refractivity contribution in [3.05, 3.63) is 24.4 Å². The third-order valence-electron chi connectivity index (χ3n) is 1.84. The Morgan fingerprint density at radius 1 is 1.38 bits per heavy atom. The molecule has 4 nitrogen and oxygen atoms in total. The first-order valence-electron chi connectivity index (χ1n) is 3.71. The number of nitrogens with zero attached hydrogens (tertiary/aromatic N) is 1. The van der Waals surface area contributed by atoms with E-state index in [2.05, 4.69) is 10.2 Å². The highest BCUT2D eigenvalue weighted by atomic mass is 32.2. The number of sulfone groups is 1. The second-order valence-corrected chi connectivity index (χ2v) is 4.85. The first kappa shape index (κ1) is 8.25. The number of para-hydroxylation sites is 1. The van der Waals surface area contributed by atoms with Gasteiger partial charge in [0.25, 0.3) is 0 Å². The van der Waals surface area contributed by atoms with E-state index in [-0.39, 0.29) is 0 Å². The van der Waals surface area contributed by atoms with Crippen molar-refractivity contribution in [2.24, 2.45) is 0 Å². The molecule has 0 saturated heterocycles. The van der Waals surface area contributed by atoms with Crippen molar-refractivity contribution >= 4 is 20.7 Å². The van der Waals surface area contributed by atoms with Crippen LogP contribution in [0.1, 0.15) is 0 Å². The van der Waals surface area contributed by atoms with Crippen LogP contribution in [0, 0.1) is 0 Å². The van der Waals surface area contributed by atoms with Crippen LogP contribution in [-0.4, -0.2) is 24.9 Å². The van der Waals surface area contributed by atoms with Crippen LogP contribution in [0.15, 0.2) is 29.3 Å². The molecule has 1 aromatic heterocycles. The van der Waals surface area contributed by atoms with Gasteiger partial charge in [-0.15, -0.1) is 0 Å². The second-order valence-electron chi connectivity index (χ2n) is 2.86. The number of aromatic amines is 1. The molecule has 0 saturated carbocycles. The molecule has 0 bridgehead atoms. The zero-order chi connectivity index (χ0) is 9.47. The Balaban J connectivity index is 2.91. The Morgan fingerprint density at radius 3 is 2.85 bits per heavy atom. The average molecular weight is 196 g/mol. The Hall–Kier alpha value is -1.36. The van der Waals surface area contributed by atoms with E-state index in [1.54, 1.807) is 18.3 Å². The monoisotopic (exact) mass is 196 g/mol. The summed E-state index contributed by atoms with van der Waals surface area (Å²) in [5.74, 6) is 0. The highest BCUT2D eigenvalue weighted by molar-refractivity contribution is 7.91. The first-order valence-corrected chi connectivity index (χ1v) is 5.60. The minimum Gasteiger partial charge on any atom is -0.276 e. The van der Waals surface area contributed by atoms with E-state index in [1.807, 2.05) is 6.07 Å². The molecule has 0 aliphatic carbocycles. The molecular formula is C8H8N2O2S. The summed E-state index contributed by atoms with van der Waals surface area (Å²) < 4.78 is 22.6. The van der Waals surface area contributed by atoms with Crippen LogP contribution in [0.3, 0.4) is 0 Å². The molecule has 5 heteroatoms. The van der Waals surface area contributed by atoms with Crippen molar-refractivity contribution in [2.75, 3.05) is 6.26 Å². The second kappa shape index (κ2) is 2.56. The summed E-state index contributed by atoms with van der Waals surface area (Å²) in [5.41, 5.74) is 0.574. The number of rotatable bonds is 1. The molecule has 0 radical (unpaired) electrons. The fourth-order valence-electron chi connectivity index (χ4n) is 1.25. The number of nitrogens with one attached hydrogen (secondary N) is 1. The van der Waals surface area contributed by atoms with Crippen molar-refractivity contribution in [3.8, 4) is 0 Å². The van der Waals surface area contributed by atoms with Crippen molar-refractivity contribution in [3.63, 3.8) is 0 Å². The topological polar surface area (TPSA) is 62.8 Å². The highest BCUT2D eigenvalue weighted by Crippen LogP contribution is 2.19. The van der Waals surface area contributed by atoms with Crippen LogP contribution in [-0.2, 0) is 9.84 Å². The summed E-state index contributed by atoms with van der Waals surface area (Å²) in [4.78, 5) is 0.294. The number of hydrogen-bond donors (Lipinski definition) is 1. The average Bonchev–Trinajstić information content (AvgIpc) is 2.48. The Labute approximate surface area is 75.5 Å². The standard InChI is InChI=1S/C8H8N2O2S/c1-13(11,12)7-4-2-3-6-5-9-10-8(6)7/h2-5H,1H3,(H,9,10). The molecule has 2 aromatic rings. The van der Waals surface area contributed by atoms with E-state index < -0.39 is 9.84 Å². The van der Waals surface area contributed by atoms with Gasteiger partial charge in [0.05, 0.1) is 16.6 Å². The smallest absolute Gasteiger partial charge is 0.177 e. The van der Waals surface area contributed by atoms with Crippen LogP contribution < -0.4 is 0 Å². The molecule has 0 aliphatic rings. The fraction of sp³-hybridized carbons (Fsp3) is 0.125. The number of H-pyrrole nitrogens is 1. The van der Waals surface area contributed by atoms with E-state index in [0.29, 0.717) is 10.4 Å². The number of benzene rings is 1. The van der Waals surface area contributed by atoms with E-state index in [4.69, 9.17) is 0 Å². The molecule has 13 heavy (non-hydrogen) atoms. The summed E-state index contributed by atoms with van der Waals surface area (Å²) in [6.07, 6.45) is 2.78. The normalized spacial score (nSPS) is 12.1. The zero-order valence-corrected chi connectivity index (χ0v) is 7.80. The van der Waals surface area contributed by atoms with Crippen molar-refractivity contribution in [1.82, 2.24) is 10.2 Å². The lowest BCUT2D eigenvalue weighted by Gasteiger charge is -1.98. The summed E-state index contributed by atoms with van der Waals surface area (Å²) in [6, 6.07) is 5.08.